The molecule has 6 heteroatoms. The number of aromatic nitrogens is 1. The van der Waals surface area contributed by atoms with Gasteiger partial charge in [-0.2, -0.15) is 4.73 Å². The van der Waals surface area contributed by atoms with E-state index in [4.69, 9.17) is 0 Å². The van der Waals surface area contributed by atoms with Gasteiger partial charge in [-0.25, -0.2) is 0 Å². The first-order valence-electron chi connectivity index (χ1n) is 8.73. The molecule has 0 aliphatic carbocycles. The van der Waals surface area contributed by atoms with Crippen molar-refractivity contribution in [1.29, 1.82) is 0 Å². The number of piperazine rings is 1. The van der Waals surface area contributed by atoms with Gasteiger partial charge in [0.15, 0.2) is 6.20 Å². The highest BCUT2D eigenvalue weighted by Gasteiger charge is 2.17. The SMILES string of the molecule is O=C(NCCCN1CCN(c2ccccc2)CC1)c1cccc[n+]1[O-]. The summed E-state index contributed by atoms with van der Waals surface area (Å²) in [7, 11) is 0. The van der Waals surface area contributed by atoms with Crippen LogP contribution in [0.1, 0.15) is 16.9 Å². The minimum Gasteiger partial charge on any atom is -0.618 e. The second-order valence-corrected chi connectivity index (χ2v) is 6.19. The molecular formula is C19H24N4O2. The predicted molar refractivity (Wildman–Crippen MR) is 97.4 cm³/mol. The van der Waals surface area contributed by atoms with Gasteiger partial charge in [-0.1, -0.05) is 18.2 Å². The molecule has 2 heterocycles. The van der Waals surface area contributed by atoms with Crippen molar-refractivity contribution in [3.63, 3.8) is 0 Å². The number of anilines is 1. The lowest BCUT2D eigenvalue weighted by molar-refractivity contribution is -0.607. The third-order valence-electron chi connectivity index (χ3n) is 4.49. The maximum absolute atomic E-state index is 12.0. The molecule has 1 aromatic heterocycles. The van der Waals surface area contributed by atoms with Crippen LogP contribution in [0, 0.1) is 5.21 Å². The monoisotopic (exact) mass is 340 g/mol. The molecule has 132 valence electrons. The summed E-state index contributed by atoms with van der Waals surface area (Å²) in [6.07, 6.45) is 2.21. The van der Waals surface area contributed by atoms with Gasteiger partial charge >= 0.3 is 5.91 Å². The van der Waals surface area contributed by atoms with E-state index in [0.29, 0.717) is 11.3 Å². The van der Waals surface area contributed by atoms with Crippen LogP contribution in [0.5, 0.6) is 0 Å². The fourth-order valence-corrected chi connectivity index (χ4v) is 3.07. The summed E-state index contributed by atoms with van der Waals surface area (Å²) in [6, 6.07) is 15.3. The predicted octanol–water partition coefficient (Wildman–Crippen LogP) is 1.26. The Morgan fingerprint density at radius 1 is 1.04 bits per heavy atom. The zero-order chi connectivity index (χ0) is 17.5. The molecule has 1 aromatic carbocycles. The molecule has 1 saturated heterocycles. The van der Waals surface area contributed by atoms with E-state index in [2.05, 4.69) is 39.4 Å². The first-order chi connectivity index (χ1) is 12.2. The number of carbonyl (C=O) groups is 1. The molecule has 6 nitrogen and oxygen atoms in total. The largest absolute Gasteiger partial charge is 0.618 e. The Hall–Kier alpha value is -2.60. The number of benzene rings is 1. The van der Waals surface area contributed by atoms with Gasteiger partial charge in [0, 0.05) is 50.5 Å². The molecule has 0 saturated carbocycles. The van der Waals surface area contributed by atoms with Crippen LogP contribution in [0.4, 0.5) is 5.69 Å². The molecule has 2 aromatic rings. The van der Waals surface area contributed by atoms with Gasteiger partial charge < -0.3 is 15.4 Å². The molecule has 25 heavy (non-hydrogen) atoms. The molecule has 0 bridgehead atoms. The molecule has 0 unspecified atom stereocenters. The van der Waals surface area contributed by atoms with E-state index in [0.717, 1.165) is 39.1 Å². The number of hydrogen-bond donors (Lipinski definition) is 1. The van der Waals surface area contributed by atoms with Crippen molar-refractivity contribution in [2.24, 2.45) is 0 Å². The topological polar surface area (TPSA) is 62.5 Å². The number of nitrogens with zero attached hydrogens (tertiary/aromatic N) is 3. The van der Waals surface area contributed by atoms with Gasteiger partial charge in [0.1, 0.15) is 0 Å². The van der Waals surface area contributed by atoms with Crippen LogP contribution < -0.4 is 14.9 Å². The number of pyridine rings is 1. The first kappa shape index (κ1) is 17.2. The summed E-state index contributed by atoms with van der Waals surface area (Å²) in [5.74, 6) is -0.315. The van der Waals surface area contributed by atoms with E-state index >= 15 is 0 Å². The first-order valence-corrected chi connectivity index (χ1v) is 8.73. The Morgan fingerprint density at radius 2 is 1.76 bits per heavy atom. The maximum Gasteiger partial charge on any atom is 0.317 e. The van der Waals surface area contributed by atoms with E-state index in [1.807, 2.05) is 6.07 Å². The lowest BCUT2D eigenvalue weighted by atomic mass is 10.2. The minimum absolute atomic E-state index is 0.138. The van der Waals surface area contributed by atoms with Crippen LogP contribution in [-0.4, -0.2) is 50.1 Å². The van der Waals surface area contributed by atoms with Crippen molar-refractivity contribution in [3.8, 4) is 0 Å². The van der Waals surface area contributed by atoms with Gasteiger partial charge in [-0.15, -0.1) is 0 Å². The Balaban J connectivity index is 1.35. The van der Waals surface area contributed by atoms with Crippen molar-refractivity contribution in [3.05, 3.63) is 65.6 Å². The molecule has 1 N–H and O–H groups in total. The van der Waals surface area contributed by atoms with Gasteiger partial charge in [-0.3, -0.25) is 9.69 Å². The van der Waals surface area contributed by atoms with Crippen LogP contribution in [-0.2, 0) is 0 Å². The standard InChI is InChI=1S/C19H24N4O2/c24-19(18-9-4-5-12-23(18)25)20-10-6-11-21-13-15-22(16-14-21)17-7-2-1-3-8-17/h1-5,7-9,12H,6,10-11,13-16H2,(H,20,24). The molecule has 1 amide bonds. The van der Waals surface area contributed by atoms with Crippen LogP contribution in [0.25, 0.3) is 0 Å². The van der Waals surface area contributed by atoms with Gasteiger partial charge in [-0.05, 0) is 31.2 Å². The van der Waals surface area contributed by atoms with E-state index in [1.165, 1.54) is 18.0 Å². The lowest BCUT2D eigenvalue weighted by Gasteiger charge is -2.36. The van der Waals surface area contributed by atoms with E-state index < -0.39 is 0 Å². The van der Waals surface area contributed by atoms with Crippen molar-refractivity contribution < 1.29 is 9.52 Å². The number of carbonyl (C=O) groups excluding carboxylic acids is 1. The van der Waals surface area contributed by atoms with Gasteiger partial charge in [0.05, 0.1) is 0 Å². The molecule has 0 radical (unpaired) electrons. The zero-order valence-electron chi connectivity index (χ0n) is 14.3. The Morgan fingerprint density at radius 3 is 2.48 bits per heavy atom. The number of nitrogens with one attached hydrogen (secondary N) is 1. The number of rotatable bonds is 6. The maximum atomic E-state index is 12.0. The molecule has 1 aliphatic rings. The minimum atomic E-state index is -0.315. The number of hydrogen-bond acceptors (Lipinski definition) is 4. The number of para-hydroxylation sites is 1. The Bertz CT molecular complexity index is 685. The summed E-state index contributed by atoms with van der Waals surface area (Å²) in [5, 5.41) is 14.3. The highest BCUT2D eigenvalue weighted by atomic mass is 16.5. The molecule has 3 rings (SSSR count). The van der Waals surface area contributed by atoms with E-state index in [9.17, 15) is 10.0 Å². The molecule has 1 fully saturated rings. The molecule has 1 aliphatic heterocycles. The third kappa shape index (κ3) is 4.70. The van der Waals surface area contributed by atoms with E-state index in [1.54, 1.807) is 12.1 Å². The summed E-state index contributed by atoms with van der Waals surface area (Å²) >= 11 is 0. The van der Waals surface area contributed by atoms with Crippen LogP contribution in [0.3, 0.4) is 0 Å². The normalized spacial score (nSPS) is 15.1. The second-order valence-electron chi connectivity index (χ2n) is 6.19. The highest BCUT2D eigenvalue weighted by molar-refractivity contribution is 5.90. The molecular weight excluding hydrogens is 316 g/mol. The summed E-state index contributed by atoms with van der Waals surface area (Å²) in [4.78, 5) is 16.8. The molecule has 0 atom stereocenters. The quantitative estimate of drug-likeness (QED) is 0.489. The van der Waals surface area contributed by atoms with Gasteiger partial charge in [0.25, 0.3) is 5.69 Å². The fourth-order valence-electron chi connectivity index (χ4n) is 3.07. The van der Waals surface area contributed by atoms with Crippen molar-refractivity contribution in [2.75, 3.05) is 44.2 Å². The summed E-state index contributed by atoms with van der Waals surface area (Å²) in [6.45, 7) is 5.64. The zero-order valence-corrected chi connectivity index (χ0v) is 14.3. The number of amides is 1. The van der Waals surface area contributed by atoms with Gasteiger partial charge in [0.2, 0.25) is 0 Å². The Labute approximate surface area is 148 Å². The van der Waals surface area contributed by atoms with Crippen molar-refractivity contribution in [2.45, 2.75) is 6.42 Å². The molecule has 0 spiro atoms. The van der Waals surface area contributed by atoms with Crippen molar-refractivity contribution in [1.82, 2.24) is 10.2 Å². The smallest absolute Gasteiger partial charge is 0.317 e. The van der Waals surface area contributed by atoms with Crippen molar-refractivity contribution >= 4 is 11.6 Å². The second kappa shape index (κ2) is 8.48. The summed E-state index contributed by atoms with van der Waals surface area (Å²) < 4.78 is 0.595. The van der Waals surface area contributed by atoms with Crippen LogP contribution in [0.2, 0.25) is 0 Å². The van der Waals surface area contributed by atoms with Crippen LogP contribution >= 0.6 is 0 Å². The van der Waals surface area contributed by atoms with E-state index in [-0.39, 0.29) is 11.6 Å². The Kier molecular flexibility index (Phi) is 5.85. The average Bonchev–Trinajstić information content (AvgIpc) is 2.66. The average molecular weight is 340 g/mol. The lowest BCUT2D eigenvalue weighted by Crippen LogP contribution is -2.47. The highest BCUT2D eigenvalue weighted by Crippen LogP contribution is 2.15. The van der Waals surface area contributed by atoms with Crippen LogP contribution in [0.15, 0.2) is 54.7 Å². The summed E-state index contributed by atoms with van der Waals surface area (Å²) in [5.41, 5.74) is 1.42. The third-order valence-corrected chi connectivity index (χ3v) is 4.49. The fraction of sp³-hybridized carbons (Fsp3) is 0.368.